The second kappa shape index (κ2) is 10.3. The Labute approximate surface area is 158 Å². The maximum atomic E-state index is 13.2. The van der Waals surface area contributed by atoms with Crippen molar-refractivity contribution in [2.75, 3.05) is 6.61 Å². The molecule has 150 valence electrons. The van der Waals surface area contributed by atoms with Crippen molar-refractivity contribution in [3.8, 4) is 0 Å². The van der Waals surface area contributed by atoms with Gasteiger partial charge in [-0.3, -0.25) is 9.59 Å². The van der Waals surface area contributed by atoms with E-state index in [4.69, 9.17) is 0 Å². The van der Waals surface area contributed by atoms with Gasteiger partial charge in [-0.15, -0.1) is 0 Å². The average Bonchev–Trinajstić information content (AvgIpc) is 2.60. The topological polar surface area (TPSA) is 78.4 Å². The Balaban J connectivity index is 1.81. The van der Waals surface area contributed by atoms with Crippen molar-refractivity contribution < 1.29 is 23.5 Å². The van der Waals surface area contributed by atoms with Gasteiger partial charge >= 0.3 is 0 Å². The van der Waals surface area contributed by atoms with Crippen molar-refractivity contribution in [3.63, 3.8) is 0 Å². The van der Waals surface area contributed by atoms with Crippen LogP contribution in [0.4, 0.5) is 8.78 Å². The molecule has 1 aromatic carbocycles. The summed E-state index contributed by atoms with van der Waals surface area (Å²) in [5.41, 5.74) is 0.197. The van der Waals surface area contributed by atoms with E-state index in [0.717, 1.165) is 37.5 Å². The lowest BCUT2D eigenvalue weighted by atomic mass is 9.85. The zero-order valence-electron chi connectivity index (χ0n) is 15.6. The first-order valence-corrected chi connectivity index (χ1v) is 9.53. The molecule has 1 fully saturated rings. The highest BCUT2D eigenvalue weighted by Gasteiger charge is 2.23. The van der Waals surface area contributed by atoms with E-state index in [1.807, 2.05) is 0 Å². The zero-order chi connectivity index (χ0) is 19.8. The number of aliphatic hydroxyl groups excluding tert-OH is 1. The number of halogens is 2. The van der Waals surface area contributed by atoms with E-state index >= 15 is 0 Å². The summed E-state index contributed by atoms with van der Waals surface area (Å²) >= 11 is 0. The maximum Gasteiger partial charge on any atom is 0.242 e. The van der Waals surface area contributed by atoms with Crippen LogP contribution in [0.1, 0.15) is 51.0 Å². The van der Waals surface area contributed by atoms with Crippen LogP contribution in [0.25, 0.3) is 0 Å². The average molecular weight is 382 g/mol. The van der Waals surface area contributed by atoms with Crippen LogP contribution in [0.5, 0.6) is 0 Å². The van der Waals surface area contributed by atoms with Crippen LogP contribution in [-0.2, 0) is 16.0 Å². The number of carbonyl (C=O) groups excluding carboxylic acids is 2. The Kier molecular flexibility index (Phi) is 8.16. The summed E-state index contributed by atoms with van der Waals surface area (Å²) < 4.78 is 26.4. The van der Waals surface area contributed by atoms with Crippen LogP contribution in [0, 0.1) is 17.6 Å². The normalized spacial score (nSPS) is 17.2. The SMILES string of the molecule is C[C@H](NC(=O)Cc1cc(F)cc(F)c1)C(=O)N[C@H](CO)CC1CCCCC1. The Bertz CT molecular complexity index is 628. The number of amides is 2. The third kappa shape index (κ3) is 7.25. The fourth-order valence-corrected chi connectivity index (χ4v) is 3.59. The number of hydrogen-bond acceptors (Lipinski definition) is 3. The molecule has 0 radical (unpaired) electrons. The largest absolute Gasteiger partial charge is 0.394 e. The number of hydrogen-bond donors (Lipinski definition) is 3. The van der Waals surface area contributed by atoms with E-state index in [1.165, 1.54) is 26.2 Å². The summed E-state index contributed by atoms with van der Waals surface area (Å²) in [4.78, 5) is 24.3. The second-order valence-corrected chi connectivity index (χ2v) is 7.37. The van der Waals surface area contributed by atoms with Crippen LogP contribution in [0.15, 0.2) is 18.2 Å². The van der Waals surface area contributed by atoms with Gasteiger partial charge in [0, 0.05) is 6.07 Å². The van der Waals surface area contributed by atoms with E-state index in [1.54, 1.807) is 0 Å². The first kappa shape index (κ1) is 21.3. The molecule has 0 saturated heterocycles. The molecule has 2 amide bonds. The standard InChI is InChI=1S/C20H28F2N2O3/c1-13(23-19(26)10-15-7-16(21)11-17(22)8-15)20(27)24-18(12-25)9-14-5-3-2-4-6-14/h7-8,11,13-14,18,25H,2-6,9-10,12H2,1H3,(H,23,26)(H,24,27)/t13-,18-/m0/s1. The molecule has 27 heavy (non-hydrogen) atoms. The van der Waals surface area contributed by atoms with Gasteiger partial charge in [-0.2, -0.15) is 0 Å². The highest BCUT2D eigenvalue weighted by atomic mass is 19.1. The van der Waals surface area contributed by atoms with Crippen molar-refractivity contribution in [2.24, 2.45) is 5.92 Å². The molecule has 0 bridgehead atoms. The van der Waals surface area contributed by atoms with Crippen molar-refractivity contribution in [1.82, 2.24) is 10.6 Å². The van der Waals surface area contributed by atoms with Gasteiger partial charge in [0.1, 0.15) is 17.7 Å². The van der Waals surface area contributed by atoms with Crippen LogP contribution in [-0.4, -0.2) is 35.6 Å². The van der Waals surface area contributed by atoms with Gasteiger partial charge in [-0.25, -0.2) is 8.78 Å². The summed E-state index contributed by atoms with van der Waals surface area (Å²) in [6.07, 6.45) is 6.34. The molecule has 1 aliphatic rings. The second-order valence-electron chi connectivity index (χ2n) is 7.37. The monoisotopic (exact) mass is 382 g/mol. The number of benzene rings is 1. The predicted molar refractivity (Wildman–Crippen MR) is 97.9 cm³/mol. The Morgan fingerprint density at radius 2 is 1.74 bits per heavy atom. The quantitative estimate of drug-likeness (QED) is 0.646. The number of carbonyl (C=O) groups is 2. The molecule has 1 aromatic rings. The van der Waals surface area contributed by atoms with Crippen molar-refractivity contribution in [1.29, 1.82) is 0 Å². The minimum absolute atomic E-state index is 0.147. The molecule has 1 saturated carbocycles. The summed E-state index contributed by atoms with van der Waals surface area (Å²) in [7, 11) is 0. The van der Waals surface area contributed by atoms with Crippen LogP contribution < -0.4 is 10.6 Å². The summed E-state index contributed by atoms with van der Waals surface area (Å²) in [5.74, 6) is -1.89. The molecule has 1 aliphatic carbocycles. The summed E-state index contributed by atoms with van der Waals surface area (Å²) in [5, 5.41) is 14.8. The van der Waals surface area contributed by atoms with E-state index in [0.29, 0.717) is 5.92 Å². The lowest BCUT2D eigenvalue weighted by Crippen LogP contribution is -2.49. The third-order valence-electron chi connectivity index (χ3n) is 4.97. The van der Waals surface area contributed by atoms with E-state index < -0.39 is 23.6 Å². The van der Waals surface area contributed by atoms with Gasteiger partial charge in [0.2, 0.25) is 11.8 Å². The lowest BCUT2D eigenvalue weighted by Gasteiger charge is -2.27. The minimum atomic E-state index is -0.809. The van der Waals surface area contributed by atoms with Crippen LogP contribution in [0.2, 0.25) is 0 Å². The first-order chi connectivity index (χ1) is 12.9. The molecule has 0 heterocycles. The first-order valence-electron chi connectivity index (χ1n) is 9.53. The van der Waals surface area contributed by atoms with Crippen molar-refractivity contribution in [2.45, 2.75) is 64.0 Å². The van der Waals surface area contributed by atoms with Gasteiger partial charge in [-0.05, 0) is 37.0 Å². The third-order valence-corrected chi connectivity index (χ3v) is 4.97. The van der Waals surface area contributed by atoms with E-state index in [9.17, 15) is 23.5 Å². The van der Waals surface area contributed by atoms with Gasteiger partial charge in [0.05, 0.1) is 19.1 Å². The van der Waals surface area contributed by atoms with Gasteiger partial charge in [0.15, 0.2) is 0 Å². The van der Waals surface area contributed by atoms with E-state index in [2.05, 4.69) is 10.6 Å². The Morgan fingerprint density at radius 1 is 1.11 bits per heavy atom. The van der Waals surface area contributed by atoms with Gasteiger partial charge < -0.3 is 15.7 Å². The molecule has 0 spiro atoms. The van der Waals surface area contributed by atoms with Crippen LogP contribution >= 0.6 is 0 Å². The smallest absolute Gasteiger partial charge is 0.242 e. The minimum Gasteiger partial charge on any atom is -0.394 e. The number of nitrogens with one attached hydrogen (secondary N) is 2. The number of aliphatic hydroxyl groups is 1. The van der Waals surface area contributed by atoms with Crippen molar-refractivity contribution in [3.05, 3.63) is 35.4 Å². The number of rotatable bonds is 8. The highest BCUT2D eigenvalue weighted by Crippen LogP contribution is 2.27. The lowest BCUT2D eigenvalue weighted by molar-refractivity contribution is -0.129. The molecule has 3 N–H and O–H groups in total. The molecule has 0 aliphatic heterocycles. The molecular formula is C20H28F2N2O3. The molecule has 5 nitrogen and oxygen atoms in total. The van der Waals surface area contributed by atoms with Gasteiger partial charge in [-0.1, -0.05) is 32.1 Å². The molecule has 7 heteroatoms. The van der Waals surface area contributed by atoms with Crippen LogP contribution in [0.3, 0.4) is 0 Å². The molecule has 0 aromatic heterocycles. The highest BCUT2D eigenvalue weighted by molar-refractivity contribution is 5.88. The molecule has 2 rings (SSSR count). The molecule has 2 atom stereocenters. The maximum absolute atomic E-state index is 13.2. The zero-order valence-corrected chi connectivity index (χ0v) is 15.6. The van der Waals surface area contributed by atoms with E-state index in [-0.39, 0.29) is 30.5 Å². The fourth-order valence-electron chi connectivity index (χ4n) is 3.59. The van der Waals surface area contributed by atoms with Crippen molar-refractivity contribution >= 4 is 11.8 Å². The Morgan fingerprint density at radius 3 is 2.33 bits per heavy atom. The summed E-state index contributed by atoms with van der Waals surface area (Å²) in [6, 6.07) is 1.76. The Hall–Kier alpha value is -2.02. The fraction of sp³-hybridized carbons (Fsp3) is 0.600. The predicted octanol–water partition coefficient (Wildman–Crippen LogP) is 2.46. The molecule has 0 unspecified atom stereocenters. The molecular weight excluding hydrogens is 354 g/mol. The van der Waals surface area contributed by atoms with Gasteiger partial charge in [0.25, 0.3) is 0 Å². The summed E-state index contributed by atoms with van der Waals surface area (Å²) in [6.45, 7) is 1.39.